The number of hydrogen-bond acceptors (Lipinski definition) is 2. The molecule has 0 amide bonds. The molecule has 1 fully saturated rings. The molecule has 0 radical (unpaired) electrons. The Balaban J connectivity index is 1.68. The Labute approximate surface area is 91.7 Å². The number of rotatable bonds is 4. The molecular formula is C12H21N3. The van der Waals surface area contributed by atoms with Crippen molar-refractivity contribution in [1.29, 1.82) is 0 Å². The van der Waals surface area contributed by atoms with Crippen molar-refractivity contribution in [2.75, 3.05) is 6.54 Å². The summed E-state index contributed by atoms with van der Waals surface area (Å²) in [5.41, 5.74) is 2.34. The lowest BCUT2D eigenvalue weighted by Gasteiger charge is -2.21. The fourth-order valence-corrected chi connectivity index (χ4v) is 2.35. The van der Waals surface area contributed by atoms with Gasteiger partial charge in [0.05, 0.1) is 12.0 Å². The Kier molecular flexibility index (Phi) is 3.78. The van der Waals surface area contributed by atoms with Crippen molar-refractivity contribution in [3.8, 4) is 0 Å². The van der Waals surface area contributed by atoms with Crippen molar-refractivity contribution in [2.45, 2.75) is 45.6 Å². The van der Waals surface area contributed by atoms with Crippen LogP contribution in [-0.2, 0) is 6.54 Å². The maximum Gasteiger partial charge on any atom is 0.0925 e. The molecule has 1 aliphatic rings. The van der Waals surface area contributed by atoms with Gasteiger partial charge < -0.3 is 10.3 Å². The number of imidazole rings is 1. The van der Waals surface area contributed by atoms with E-state index in [9.17, 15) is 0 Å². The van der Waals surface area contributed by atoms with Crippen LogP contribution in [-0.4, -0.2) is 16.5 Å². The molecule has 1 aliphatic carbocycles. The van der Waals surface area contributed by atoms with Crippen LogP contribution in [0.5, 0.6) is 0 Å². The Morgan fingerprint density at radius 3 is 2.87 bits per heavy atom. The highest BCUT2D eigenvalue weighted by atomic mass is 14.9. The van der Waals surface area contributed by atoms with Gasteiger partial charge in [0.2, 0.25) is 0 Å². The van der Waals surface area contributed by atoms with Crippen molar-refractivity contribution in [1.82, 2.24) is 15.3 Å². The number of nitrogens with one attached hydrogen (secondary N) is 2. The van der Waals surface area contributed by atoms with Crippen LogP contribution in [0.1, 0.15) is 43.5 Å². The van der Waals surface area contributed by atoms with E-state index in [2.05, 4.69) is 22.2 Å². The molecular weight excluding hydrogens is 186 g/mol. The summed E-state index contributed by atoms with van der Waals surface area (Å²) in [7, 11) is 0. The maximum absolute atomic E-state index is 4.28. The minimum absolute atomic E-state index is 0.901. The zero-order valence-electron chi connectivity index (χ0n) is 9.55. The molecule has 1 aromatic heterocycles. The van der Waals surface area contributed by atoms with E-state index in [1.165, 1.54) is 37.8 Å². The molecule has 0 saturated heterocycles. The van der Waals surface area contributed by atoms with Gasteiger partial charge in [-0.15, -0.1) is 0 Å². The van der Waals surface area contributed by atoms with Crippen LogP contribution in [0.2, 0.25) is 0 Å². The lowest BCUT2D eigenvalue weighted by Crippen LogP contribution is -2.24. The number of aromatic nitrogens is 2. The third-order valence-corrected chi connectivity index (χ3v) is 3.38. The third kappa shape index (κ3) is 3.06. The monoisotopic (exact) mass is 207 g/mol. The van der Waals surface area contributed by atoms with Crippen LogP contribution < -0.4 is 5.32 Å². The molecule has 0 atom stereocenters. The fourth-order valence-electron chi connectivity index (χ4n) is 2.35. The van der Waals surface area contributed by atoms with Gasteiger partial charge in [0.1, 0.15) is 0 Å². The van der Waals surface area contributed by atoms with Crippen molar-refractivity contribution in [3.63, 3.8) is 0 Å². The lowest BCUT2D eigenvalue weighted by molar-refractivity contribution is 0.341. The van der Waals surface area contributed by atoms with E-state index in [4.69, 9.17) is 0 Å². The topological polar surface area (TPSA) is 40.7 Å². The maximum atomic E-state index is 4.28. The van der Waals surface area contributed by atoms with E-state index >= 15 is 0 Å². The van der Waals surface area contributed by atoms with E-state index in [1.54, 1.807) is 6.33 Å². The van der Waals surface area contributed by atoms with E-state index < -0.39 is 0 Å². The summed E-state index contributed by atoms with van der Waals surface area (Å²) in [5, 5.41) is 3.52. The minimum atomic E-state index is 0.901. The average Bonchev–Trinajstić information content (AvgIpc) is 2.66. The van der Waals surface area contributed by atoms with Gasteiger partial charge in [-0.2, -0.15) is 0 Å². The fraction of sp³-hybridized carbons (Fsp3) is 0.750. The molecule has 2 N–H and O–H groups in total. The standard InChI is InChI=1S/C12H21N3/c1-10-12(15-9-14-10)8-13-7-11-5-3-2-4-6-11/h9,11,13H,2-8H2,1H3,(H,14,15). The summed E-state index contributed by atoms with van der Waals surface area (Å²) >= 11 is 0. The van der Waals surface area contributed by atoms with Gasteiger partial charge in [-0.1, -0.05) is 19.3 Å². The molecule has 0 aliphatic heterocycles. The van der Waals surface area contributed by atoms with Crippen molar-refractivity contribution in [3.05, 3.63) is 17.7 Å². The Morgan fingerprint density at radius 1 is 1.40 bits per heavy atom. The van der Waals surface area contributed by atoms with E-state index in [-0.39, 0.29) is 0 Å². The van der Waals surface area contributed by atoms with Crippen LogP contribution in [0.3, 0.4) is 0 Å². The molecule has 0 aromatic carbocycles. The SMILES string of the molecule is Cc1[nH]cnc1CNCC1CCCCC1. The number of aromatic amines is 1. The normalized spacial score (nSPS) is 18.2. The second kappa shape index (κ2) is 5.31. The van der Waals surface area contributed by atoms with Crippen molar-refractivity contribution < 1.29 is 0 Å². The van der Waals surface area contributed by atoms with Crippen LogP contribution in [0.25, 0.3) is 0 Å². The molecule has 0 unspecified atom stereocenters. The van der Waals surface area contributed by atoms with Gasteiger partial charge in [0, 0.05) is 12.2 Å². The summed E-state index contributed by atoms with van der Waals surface area (Å²) in [6, 6.07) is 0. The summed E-state index contributed by atoms with van der Waals surface area (Å²) in [5.74, 6) is 0.901. The molecule has 3 heteroatoms. The zero-order chi connectivity index (χ0) is 10.5. The minimum Gasteiger partial charge on any atom is -0.348 e. The largest absolute Gasteiger partial charge is 0.348 e. The van der Waals surface area contributed by atoms with Gasteiger partial charge in [0.25, 0.3) is 0 Å². The predicted octanol–water partition coefficient (Wildman–Crippen LogP) is 2.39. The molecule has 0 bridgehead atoms. The van der Waals surface area contributed by atoms with E-state index in [1.807, 2.05) is 0 Å². The highest BCUT2D eigenvalue weighted by Gasteiger charge is 2.12. The van der Waals surface area contributed by atoms with Gasteiger partial charge >= 0.3 is 0 Å². The molecule has 84 valence electrons. The van der Waals surface area contributed by atoms with Gasteiger partial charge in [-0.25, -0.2) is 4.98 Å². The first-order chi connectivity index (χ1) is 7.36. The molecule has 1 aromatic rings. The highest BCUT2D eigenvalue weighted by molar-refractivity contribution is 5.07. The molecule has 1 saturated carbocycles. The Hall–Kier alpha value is -0.830. The summed E-state index contributed by atoms with van der Waals surface area (Å²) < 4.78 is 0. The Bertz CT molecular complexity index is 287. The van der Waals surface area contributed by atoms with Crippen LogP contribution in [0.15, 0.2) is 6.33 Å². The number of aryl methyl sites for hydroxylation is 1. The van der Waals surface area contributed by atoms with Gasteiger partial charge in [-0.05, 0) is 32.2 Å². The smallest absolute Gasteiger partial charge is 0.0925 e. The molecule has 0 spiro atoms. The first-order valence-electron chi connectivity index (χ1n) is 6.06. The number of hydrogen-bond donors (Lipinski definition) is 2. The van der Waals surface area contributed by atoms with Gasteiger partial charge in [-0.3, -0.25) is 0 Å². The first-order valence-corrected chi connectivity index (χ1v) is 6.06. The van der Waals surface area contributed by atoms with E-state index in [0.29, 0.717) is 0 Å². The second-order valence-corrected chi connectivity index (χ2v) is 4.61. The van der Waals surface area contributed by atoms with Crippen LogP contribution >= 0.6 is 0 Å². The molecule has 15 heavy (non-hydrogen) atoms. The molecule has 2 rings (SSSR count). The predicted molar refractivity (Wildman–Crippen MR) is 61.6 cm³/mol. The first kappa shape index (κ1) is 10.7. The average molecular weight is 207 g/mol. The molecule has 1 heterocycles. The number of H-pyrrole nitrogens is 1. The van der Waals surface area contributed by atoms with Crippen molar-refractivity contribution >= 4 is 0 Å². The summed E-state index contributed by atoms with van der Waals surface area (Å²) in [6.07, 6.45) is 8.88. The number of nitrogens with zero attached hydrogens (tertiary/aromatic N) is 1. The third-order valence-electron chi connectivity index (χ3n) is 3.38. The summed E-state index contributed by atoms with van der Waals surface area (Å²) in [4.78, 5) is 7.39. The lowest BCUT2D eigenvalue weighted by atomic mass is 9.89. The van der Waals surface area contributed by atoms with Crippen LogP contribution in [0.4, 0.5) is 0 Å². The summed E-state index contributed by atoms with van der Waals surface area (Å²) in [6.45, 7) is 4.14. The van der Waals surface area contributed by atoms with Gasteiger partial charge in [0.15, 0.2) is 0 Å². The second-order valence-electron chi connectivity index (χ2n) is 4.61. The van der Waals surface area contributed by atoms with E-state index in [0.717, 1.165) is 24.7 Å². The Morgan fingerprint density at radius 2 is 2.20 bits per heavy atom. The van der Waals surface area contributed by atoms with Crippen molar-refractivity contribution in [2.24, 2.45) is 5.92 Å². The highest BCUT2D eigenvalue weighted by Crippen LogP contribution is 2.22. The quantitative estimate of drug-likeness (QED) is 0.796. The zero-order valence-corrected chi connectivity index (χ0v) is 9.55. The van der Waals surface area contributed by atoms with Crippen LogP contribution in [0, 0.1) is 12.8 Å². The molecule has 3 nitrogen and oxygen atoms in total.